The summed E-state index contributed by atoms with van der Waals surface area (Å²) in [5.74, 6) is -2.23. The van der Waals surface area contributed by atoms with Gasteiger partial charge in [0.05, 0.1) is 20.1 Å². The van der Waals surface area contributed by atoms with Crippen molar-refractivity contribution in [1.82, 2.24) is 9.80 Å². The normalized spacial score (nSPS) is 13.3. The summed E-state index contributed by atoms with van der Waals surface area (Å²) in [6.07, 6.45) is 0. The molecule has 0 aromatic heterocycles. The number of amides is 1. The second-order valence-electron chi connectivity index (χ2n) is 8.62. The first-order valence-corrected chi connectivity index (χ1v) is 12.1. The van der Waals surface area contributed by atoms with Gasteiger partial charge in [-0.3, -0.25) is 9.69 Å². The molecular formula is C29H32N2O7. The summed E-state index contributed by atoms with van der Waals surface area (Å²) >= 11 is 0. The van der Waals surface area contributed by atoms with E-state index in [9.17, 15) is 4.79 Å². The van der Waals surface area contributed by atoms with Gasteiger partial charge >= 0.3 is 11.9 Å². The minimum absolute atomic E-state index is 0.168. The van der Waals surface area contributed by atoms with Gasteiger partial charge in [-0.15, -0.1) is 0 Å². The van der Waals surface area contributed by atoms with Crippen LogP contribution in [0, 0.1) is 0 Å². The minimum Gasteiger partial charge on any atom is -0.493 e. The number of ether oxygens (including phenoxy) is 2. The third-order valence-corrected chi connectivity index (χ3v) is 6.26. The number of hydrogen-bond acceptors (Lipinski definition) is 6. The van der Waals surface area contributed by atoms with Gasteiger partial charge in [0.1, 0.15) is 0 Å². The van der Waals surface area contributed by atoms with Crippen LogP contribution in [0.3, 0.4) is 0 Å². The van der Waals surface area contributed by atoms with Crippen LogP contribution < -0.4 is 9.47 Å². The fourth-order valence-electron chi connectivity index (χ4n) is 4.40. The van der Waals surface area contributed by atoms with E-state index in [1.54, 1.807) is 14.2 Å². The predicted octanol–water partition coefficient (Wildman–Crippen LogP) is 3.34. The largest absolute Gasteiger partial charge is 0.493 e. The van der Waals surface area contributed by atoms with E-state index >= 15 is 0 Å². The van der Waals surface area contributed by atoms with Gasteiger partial charge in [-0.25, -0.2) is 9.59 Å². The Balaban J connectivity index is 0.000000599. The molecule has 0 saturated carbocycles. The number of rotatable bonds is 7. The third kappa shape index (κ3) is 7.33. The van der Waals surface area contributed by atoms with Crippen molar-refractivity contribution in [2.75, 3.05) is 40.4 Å². The monoisotopic (exact) mass is 520 g/mol. The van der Waals surface area contributed by atoms with E-state index in [-0.39, 0.29) is 11.8 Å². The second-order valence-corrected chi connectivity index (χ2v) is 8.62. The number of methoxy groups -OCH3 is 2. The van der Waals surface area contributed by atoms with Crippen LogP contribution in [0.1, 0.15) is 22.6 Å². The number of para-hydroxylation sites is 1. The topological polar surface area (TPSA) is 117 Å². The fourth-order valence-corrected chi connectivity index (χ4v) is 4.40. The highest BCUT2D eigenvalue weighted by atomic mass is 16.5. The maximum Gasteiger partial charge on any atom is 0.414 e. The van der Waals surface area contributed by atoms with Crippen LogP contribution in [0.2, 0.25) is 0 Å². The number of carboxylic acids is 2. The summed E-state index contributed by atoms with van der Waals surface area (Å²) in [4.78, 5) is 36.2. The standard InChI is InChI=1S/C27H30N2O3.C2H2O4/c1-31-24-15-9-14-23(26(24)32-2)20-28-16-18-29(19-17-28)27(30)25(21-10-5-3-6-11-21)22-12-7-4-8-13-22;3-1(4)2(5)6/h3-15,25H,16-20H2,1-2H3;(H,3,4)(H,5,6). The Morgan fingerprint density at radius 2 is 1.26 bits per heavy atom. The lowest BCUT2D eigenvalue weighted by atomic mass is 9.90. The van der Waals surface area contributed by atoms with Gasteiger partial charge in [0.25, 0.3) is 0 Å². The van der Waals surface area contributed by atoms with Gasteiger partial charge in [0, 0.05) is 38.3 Å². The molecule has 0 atom stereocenters. The average Bonchev–Trinajstić information content (AvgIpc) is 2.95. The number of carbonyl (C=O) groups is 3. The van der Waals surface area contributed by atoms with Gasteiger partial charge in [-0.1, -0.05) is 72.8 Å². The summed E-state index contributed by atoms with van der Waals surface area (Å²) in [7, 11) is 3.33. The highest BCUT2D eigenvalue weighted by molar-refractivity contribution is 6.27. The average molecular weight is 521 g/mol. The summed E-state index contributed by atoms with van der Waals surface area (Å²) in [6, 6.07) is 26.1. The second kappa shape index (κ2) is 13.8. The molecule has 2 N–H and O–H groups in total. The molecule has 0 aliphatic carbocycles. The first kappa shape index (κ1) is 28.2. The molecule has 200 valence electrons. The molecule has 9 nitrogen and oxygen atoms in total. The zero-order valence-electron chi connectivity index (χ0n) is 21.4. The molecule has 0 unspecified atom stereocenters. The van der Waals surface area contributed by atoms with Crippen molar-refractivity contribution in [3.63, 3.8) is 0 Å². The molecule has 1 amide bonds. The van der Waals surface area contributed by atoms with Crippen LogP contribution in [-0.2, 0) is 20.9 Å². The zero-order chi connectivity index (χ0) is 27.5. The van der Waals surface area contributed by atoms with E-state index < -0.39 is 11.9 Å². The molecule has 0 spiro atoms. The molecular weight excluding hydrogens is 488 g/mol. The van der Waals surface area contributed by atoms with E-state index in [0.717, 1.165) is 47.8 Å². The van der Waals surface area contributed by atoms with Crippen molar-refractivity contribution in [3.8, 4) is 11.5 Å². The first-order valence-electron chi connectivity index (χ1n) is 12.1. The molecule has 9 heteroatoms. The van der Waals surface area contributed by atoms with Crippen LogP contribution in [0.4, 0.5) is 0 Å². The van der Waals surface area contributed by atoms with Crippen molar-refractivity contribution in [2.45, 2.75) is 12.5 Å². The number of nitrogens with zero attached hydrogens (tertiary/aromatic N) is 2. The molecule has 0 bridgehead atoms. The lowest BCUT2D eigenvalue weighted by molar-refractivity contribution is -0.159. The van der Waals surface area contributed by atoms with Gasteiger partial charge in [-0.05, 0) is 17.2 Å². The number of benzene rings is 3. The van der Waals surface area contributed by atoms with Gasteiger partial charge in [-0.2, -0.15) is 0 Å². The molecule has 0 radical (unpaired) electrons. The number of aliphatic carboxylic acids is 2. The van der Waals surface area contributed by atoms with E-state index in [1.165, 1.54) is 0 Å². The van der Waals surface area contributed by atoms with E-state index in [0.29, 0.717) is 13.1 Å². The van der Waals surface area contributed by atoms with Gasteiger partial charge in [0.15, 0.2) is 11.5 Å². The number of carbonyl (C=O) groups excluding carboxylic acids is 1. The molecule has 1 aliphatic rings. The van der Waals surface area contributed by atoms with Crippen LogP contribution in [-0.4, -0.2) is 78.3 Å². The quantitative estimate of drug-likeness (QED) is 0.456. The van der Waals surface area contributed by atoms with Crippen LogP contribution in [0.15, 0.2) is 78.9 Å². The van der Waals surface area contributed by atoms with Crippen LogP contribution in [0.5, 0.6) is 11.5 Å². The maximum atomic E-state index is 13.6. The molecule has 1 saturated heterocycles. The molecule has 1 fully saturated rings. The summed E-state index contributed by atoms with van der Waals surface area (Å²) in [6.45, 7) is 3.83. The van der Waals surface area contributed by atoms with E-state index in [1.807, 2.05) is 77.7 Å². The van der Waals surface area contributed by atoms with Crippen molar-refractivity contribution in [3.05, 3.63) is 95.6 Å². The highest BCUT2D eigenvalue weighted by Crippen LogP contribution is 2.32. The zero-order valence-corrected chi connectivity index (χ0v) is 21.4. The van der Waals surface area contributed by atoms with E-state index in [2.05, 4.69) is 11.0 Å². The van der Waals surface area contributed by atoms with Crippen molar-refractivity contribution < 1.29 is 34.1 Å². The van der Waals surface area contributed by atoms with Gasteiger partial charge in [0.2, 0.25) is 5.91 Å². The molecule has 1 heterocycles. The molecule has 3 aromatic rings. The number of piperazine rings is 1. The van der Waals surface area contributed by atoms with Crippen molar-refractivity contribution in [1.29, 1.82) is 0 Å². The summed E-state index contributed by atoms with van der Waals surface area (Å²) in [5, 5.41) is 14.8. The third-order valence-electron chi connectivity index (χ3n) is 6.26. The van der Waals surface area contributed by atoms with Crippen LogP contribution in [0.25, 0.3) is 0 Å². The first-order chi connectivity index (χ1) is 18.3. The minimum atomic E-state index is -1.82. The molecule has 1 aliphatic heterocycles. The Morgan fingerprint density at radius 1 is 0.737 bits per heavy atom. The Morgan fingerprint density at radius 3 is 1.71 bits per heavy atom. The summed E-state index contributed by atoms with van der Waals surface area (Å²) < 4.78 is 11.0. The van der Waals surface area contributed by atoms with Crippen LogP contribution >= 0.6 is 0 Å². The Hall–Kier alpha value is -4.37. The number of hydrogen-bond donors (Lipinski definition) is 2. The molecule has 3 aromatic carbocycles. The highest BCUT2D eigenvalue weighted by Gasteiger charge is 2.30. The Bertz CT molecular complexity index is 1160. The lowest BCUT2D eigenvalue weighted by Gasteiger charge is -2.37. The van der Waals surface area contributed by atoms with Crippen molar-refractivity contribution in [2.24, 2.45) is 0 Å². The molecule has 38 heavy (non-hydrogen) atoms. The lowest BCUT2D eigenvalue weighted by Crippen LogP contribution is -2.49. The SMILES string of the molecule is COc1cccc(CN2CCN(C(=O)C(c3ccccc3)c3ccccc3)CC2)c1OC.O=C(O)C(=O)O. The van der Waals surface area contributed by atoms with Crippen molar-refractivity contribution >= 4 is 17.8 Å². The summed E-state index contributed by atoms with van der Waals surface area (Å²) in [5.41, 5.74) is 3.16. The van der Waals surface area contributed by atoms with Gasteiger partial charge < -0.3 is 24.6 Å². The smallest absolute Gasteiger partial charge is 0.414 e. The fraction of sp³-hybridized carbons (Fsp3) is 0.276. The maximum absolute atomic E-state index is 13.6. The number of carboxylic acid groups (broad SMARTS) is 2. The molecule has 4 rings (SSSR count). The van der Waals surface area contributed by atoms with E-state index in [4.69, 9.17) is 29.3 Å². The Kier molecular flexibility index (Phi) is 10.2. The predicted molar refractivity (Wildman–Crippen MR) is 141 cm³/mol. The Labute approximate surface area is 221 Å².